The summed E-state index contributed by atoms with van der Waals surface area (Å²) in [6, 6.07) is 20.0. The minimum absolute atomic E-state index is 0.215. The van der Waals surface area contributed by atoms with Gasteiger partial charge in [-0.1, -0.05) is 72.8 Å². The summed E-state index contributed by atoms with van der Waals surface area (Å²) in [5.41, 5.74) is 3.49. The molecule has 0 radical (unpaired) electrons. The molecule has 8 heteroatoms. The van der Waals surface area contributed by atoms with Crippen LogP contribution in [0.5, 0.6) is 0 Å². The van der Waals surface area contributed by atoms with Crippen molar-refractivity contribution < 1.29 is 27.5 Å². The number of ether oxygens (including phenoxy) is 1. The second kappa shape index (κ2) is 11.2. The Labute approximate surface area is 224 Å². The molecule has 3 aromatic carbocycles. The molecule has 1 N–H and O–H groups in total. The number of benzene rings is 3. The zero-order valence-electron chi connectivity index (χ0n) is 21.0. The molecule has 0 fully saturated rings. The molecule has 5 nitrogen and oxygen atoms in total. The highest BCUT2D eigenvalue weighted by Crippen LogP contribution is 2.35. The van der Waals surface area contributed by atoms with Crippen LogP contribution in [0.3, 0.4) is 0 Å². The first kappa shape index (κ1) is 26.3. The maximum Gasteiger partial charge on any atom is 0.416 e. The highest BCUT2D eigenvalue weighted by molar-refractivity contribution is 5.95. The maximum atomic E-state index is 13.2. The molecule has 1 aliphatic heterocycles. The number of alkyl halides is 3. The Bertz CT molecular complexity index is 1400. The molecule has 5 rings (SSSR count). The number of allylic oxidation sites excluding steroid dienone is 3. The number of carbonyl (C=O) groups is 2. The molecule has 2 unspecified atom stereocenters. The Kier molecular flexibility index (Phi) is 7.54. The second-order valence-corrected chi connectivity index (χ2v) is 9.63. The third-order valence-electron chi connectivity index (χ3n) is 7.01. The van der Waals surface area contributed by atoms with Gasteiger partial charge in [0.2, 0.25) is 5.91 Å². The first-order valence-corrected chi connectivity index (χ1v) is 12.7. The lowest BCUT2D eigenvalue weighted by Crippen LogP contribution is -2.36. The average molecular weight is 533 g/mol. The summed E-state index contributed by atoms with van der Waals surface area (Å²) in [6.07, 6.45) is 2.99. The van der Waals surface area contributed by atoms with E-state index in [2.05, 4.69) is 5.32 Å². The molecular weight excluding hydrogens is 505 g/mol. The van der Waals surface area contributed by atoms with Crippen LogP contribution in [0.2, 0.25) is 0 Å². The van der Waals surface area contributed by atoms with Crippen molar-refractivity contribution in [3.63, 3.8) is 0 Å². The number of hydrogen-bond donors (Lipinski definition) is 1. The van der Waals surface area contributed by atoms with Gasteiger partial charge in [-0.2, -0.15) is 13.2 Å². The molecule has 2 amide bonds. The van der Waals surface area contributed by atoms with Gasteiger partial charge in [-0.3, -0.25) is 4.79 Å². The summed E-state index contributed by atoms with van der Waals surface area (Å²) >= 11 is 0. The van der Waals surface area contributed by atoms with E-state index in [0.29, 0.717) is 30.8 Å². The summed E-state index contributed by atoms with van der Waals surface area (Å²) in [4.78, 5) is 27.5. The summed E-state index contributed by atoms with van der Waals surface area (Å²) in [5, 5.41) is 2.96. The zero-order chi connectivity index (χ0) is 27.4. The van der Waals surface area contributed by atoms with E-state index in [1.54, 1.807) is 29.2 Å². The lowest BCUT2D eigenvalue weighted by Gasteiger charge is -2.29. The van der Waals surface area contributed by atoms with Crippen LogP contribution in [0, 0.1) is 5.92 Å². The first-order chi connectivity index (χ1) is 18.8. The molecule has 0 saturated heterocycles. The molecule has 0 bridgehead atoms. The van der Waals surface area contributed by atoms with Crippen molar-refractivity contribution in [3.05, 3.63) is 125 Å². The number of nitrogens with zero attached hydrogens (tertiary/aromatic N) is 1. The molecule has 3 aromatic rings. The molecule has 39 heavy (non-hydrogen) atoms. The molecular formula is C31H27F3N2O3. The fraction of sp³-hybridized carbons (Fsp3) is 0.226. The van der Waals surface area contributed by atoms with Crippen molar-refractivity contribution >= 4 is 17.7 Å². The van der Waals surface area contributed by atoms with Gasteiger partial charge in [0.1, 0.15) is 6.61 Å². The molecule has 200 valence electrons. The van der Waals surface area contributed by atoms with E-state index in [1.807, 2.05) is 48.5 Å². The van der Waals surface area contributed by atoms with E-state index in [9.17, 15) is 22.8 Å². The summed E-state index contributed by atoms with van der Waals surface area (Å²) in [5.74, 6) is -1.20. The number of fused-ring (bicyclic) bond motifs is 1. The Morgan fingerprint density at radius 3 is 2.41 bits per heavy atom. The van der Waals surface area contributed by atoms with Gasteiger partial charge >= 0.3 is 12.3 Å². The van der Waals surface area contributed by atoms with Crippen molar-refractivity contribution in [2.75, 3.05) is 11.9 Å². The van der Waals surface area contributed by atoms with Crippen molar-refractivity contribution in [2.24, 2.45) is 5.92 Å². The highest BCUT2D eigenvalue weighted by Gasteiger charge is 2.32. The predicted molar refractivity (Wildman–Crippen MR) is 142 cm³/mol. The zero-order valence-corrected chi connectivity index (χ0v) is 21.0. The molecule has 1 aliphatic carbocycles. The number of rotatable bonds is 5. The van der Waals surface area contributed by atoms with Gasteiger partial charge < -0.3 is 15.0 Å². The van der Waals surface area contributed by atoms with Gasteiger partial charge in [-0.15, -0.1) is 0 Å². The van der Waals surface area contributed by atoms with Crippen LogP contribution < -0.4 is 5.32 Å². The van der Waals surface area contributed by atoms with Crippen LogP contribution in [0.15, 0.2) is 97.1 Å². The van der Waals surface area contributed by atoms with E-state index < -0.39 is 17.7 Å². The van der Waals surface area contributed by atoms with Gasteiger partial charge in [0.25, 0.3) is 0 Å². The maximum absolute atomic E-state index is 13.2. The Morgan fingerprint density at radius 2 is 1.67 bits per heavy atom. The van der Waals surface area contributed by atoms with Crippen LogP contribution in [0.1, 0.15) is 33.7 Å². The quantitative estimate of drug-likeness (QED) is 0.390. The van der Waals surface area contributed by atoms with Crippen molar-refractivity contribution in [1.82, 2.24) is 4.90 Å². The van der Waals surface area contributed by atoms with E-state index in [-0.39, 0.29) is 24.5 Å². The average Bonchev–Trinajstić information content (AvgIpc) is 2.95. The number of amides is 2. The second-order valence-electron chi connectivity index (χ2n) is 9.63. The largest absolute Gasteiger partial charge is 0.445 e. The molecule has 2 atom stereocenters. The van der Waals surface area contributed by atoms with E-state index in [4.69, 9.17) is 4.74 Å². The number of hydrogen-bond acceptors (Lipinski definition) is 3. The van der Waals surface area contributed by atoms with E-state index in [0.717, 1.165) is 28.8 Å². The lowest BCUT2D eigenvalue weighted by molar-refractivity contribution is -0.137. The van der Waals surface area contributed by atoms with Crippen LogP contribution in [0.4, 0.5) is 23.7 Å². The van der Waals surface area contributed by atoms with Crippen molar-refractivity contribution in [1.29, 1.82) is 0 Å². The number of nitrogens with one attached hydrogen (secondary N) is 1. The van der Waals surface area contributed by atoms with Crippen LogP contribution in [-0.4, -0.2) is 23.4 Å². The number of halogens is 3. The van der Waals surface area contributed by atoms with Gasteiger partial charge in [0.05, 0.1) is 11.5 Å². The third-order valence-corrected chi connectivity index (χ3v) is 7.01. The number of carbonyl (C=O) groups excluding carboxylic acids is 2. The standard InChI is InChI=1S/C31H27F3N2O3/c32-31(33,34)25-13-10-22(11-14-25)27-8-4-5-9-28(27)29(37)35-26-15-12-24-19-36(17-16-23(24)18-26)30(38)39-20-21-6-2-1-3-7-21/h1-15,18,27-28H,16-17,19-20H2,(H,35,37). The predicted octanol–water partition coefficient (Wildman–Crippen LogP) is 6.86. The van der Waals surface area contributed by atoms with Crippen LogP contribution >= 0.6 is 0 Å². The molecule has 0 aromatic heterocycles. The van der Waals surface area contributed by atoms with Crippen molar-refractivity contribution in [2.45, 2.75) is 31.7 Å². The van der Waals surface area contributed by atoms with Crippen LogP contribution in [-0.2, 0) is 35.3 Å². The fourth-order valence-electron chi connectivity index (χ4n) is 4.89. The topological polar surface area (TPSA) is 58.6 Å². The lowest BCUT2D eigenvalue weighted by atomic mass is 9.82. The summed E-state index contributed by atoms with van der Waals surface area (Å²) in [7, 11) is 0. The first-order valence-electron chi connectivity index (χ1n) is 12.7. The highest BCUT2D eigenvalue weighted by atomic mass is 19.4. The number of anilines is 1. The Balaban J connectivity index is 1.21. The van der Waals surface area contributed by atoms with Gasteiger partial charge in [0, 0.05) is 24.7 Å². The Hall–Kier alpha value is -4.33. The van der Waals surface area contributed by atoms with E-state index >= 15 is 0 Å². The van der Waals surface area contributed by atoms with Crippen molar-refractivity contribution in [3.8, 4) is 0 Å². The fourth-order valence-corrected chi connectivity index (χ4v) is 4.89. The van der Waals surface area contributed by atoms with E-state index in [1.165, 1.54) is 12.1 Å². The van der Waals surface area contributed by atoms with Gasteiger partial charge in [-0.05, 0) is 52.9 Å². The molecule has 0 saturated carbocycles. The SMILES string of the molecule is O=C(Nc1ccc2c(c1)CCN(C(=O)OCc1ccccc1)C2)C1C=CC=CC1c1ccc(C(F)(F)F)cc1. The monoisotopic (exact) mass is 532 g/mol. The van der Waals surface area contributed by atoms with Gasteiger partial charge in [0.15, 0.2) is 0 Å². The third kappa shape index (κ3) is 6.22. The minimum Gasteiger partial charge on any atom is -0.445 e. The molecule has 2 aliphatic rings. The minimum atomic E-state index is -4.41. The molecule has 1 heterocycles. The smallest absolute Gasteiger partial charge is 0.416 e. The van der Waals surface area contributed by atoms with Crippen LogP contribution in [0.25, 0.3) is 0 Å². The normalized spacial score (nSPS) is 18.4. The summed E-state index contributed by atoms with van der Waals surface area (Å²) < 4.78 is 44.4. The van der Waals surface area contributed by atoms with Gasteiger partial charge in [-0.25, -0.2) is 4.79 Å². The molecule has 0 spiro atoms. The summed E-state index contributed by atoms with van der Waals surface area (Å²) in [6.45, 7) is 1.14. The Morgan fingerprint density at radius 1 is 0.923 bits per heavy atom.